The highest BCUT2D eigenvalue weighted by Crippen LogP contribution is 2.22. The summed E-state index contributed by atoms with van der Waals surface area (Å²) in [7, 11) is -0.766. The van der Waals surface area contributed by atoms with E-state index in [1.807, 2.05) is 0 Å². The van der Waals surface area contributed by atoms with E-state index in [0.717, 1.165) is 4.31 Å². The third kappa shape index (κ3) is 4.91. The number of hydrogen-bond acceptors (Lipinski definition) is 6. The van der Waals surface area contributed by atoms with Crippen LogP contribution in [0.4, 0.5) is 17.2 Å². The summed E-state index contributed by atoms with van der Waals surface area (Å²) in [6.07, 6.45) is 1.47. The molecule has 0 fully saturated rings. The van der Waals surface area contributed by atoms with E-state index in [-0.39, 0.29) is 12.4 Å². The Kier molecular flexibility index (Phi) is 5.94. The van der Waals surface area contributed by atoms with Crippen molar-refractivity contribution in [1.29, 1.82) is 0 Å². The molecule has 0 bridgehead atoms. The Bertz CT molecular complexity index is 835. The van der Waals surface area contributed by atoms with Crippen LogP contribution in [0.25, 0.3) is 0 Å². The number of benzene rings is 1. The van der Waals surface area contributed by atoms with E-state index >= 15 is 0 Å². The maximum Gasteiger partial charge on any atom is 0.340 e. The van der Waals surface area contributed by atoms with Crippen molar-refractivity contribution < 1.29 is 17.9 Å². The summed E-state index contributed by atoms with van der Waals surface area (Å²) in [5, 5.41) is 3.07. The van der Waals surface area contributed by atoms with Gasteiger partial charge in [-0.3, -0.25) is 4.72 Å². The zero-order valence-corrected chi connectivity index (χ0v) is 15.0. The summed E-state index contributed by atoms with van der Waals surface area (Å²) < 4.78 is 31.9. The van der Waals surface area contributed by atoms with Crippen molar-refractivity contribution in [2.24, 2.45) is 0 Å². The molecule has 0 aliphatic rings. The number of aromatic nitrogens is 1. The second-order valence-corrected chi connectivity index (χ2v) is 7.10. The summed E-state index contributed by atoms with van der Waals surface area (Å²) >= 11 is 0. The van der Waals surface area contributed by atoms with Crippen molar-refractivity contribution in [3.05, 3.63) is 48.2 Å². The molecule has 0 spiro atoms. The zero-order valence-electron chi connectivity index (χ0n) is 14.2. The van der Waals surface area contributed by atoms with Crippen molar-refractivity contribution in [3.8, 4) is 0 Å². The first-order valence-corrected chi connectivity index (χ1v) is 8.97. The highest BCUT2D eigenvalue weighted by Gasteiger charge is 2.14. The monoisotopic (exact) mass is 364 g/mol. The minimum atomic E-state index is -3.61. The smallest absolute Gasteiger partial charge is 0.340 e. The van der Waals surface area contributed by atoms with E-state index in [1.54, 1.807) is 37.3 Å². The molecule has 25 heavy (non-hydrogen) atoms. The van der Waals surface area contributed by atoms with E-state index in [9.17, 15) is 13.2 Å². The van der Waals surface area contributed by atoms with Crippen molar-refractivity contribution in [2.75, 3.05) is 30.7 Å². The molecule has 2 N–H and O–H groups in total. The lowest BCUT2D eigenvalue weighted by Crippen LogP contribution is -2.29. The Morgan fingerprint density at radius 3 is 2.52 bits per heavy atom. The molecule has 1 aromatic heterocycles. The number of para-hydroxylation sites is 1. The summed E-state index contributed by atoms with van der Waals surface area (Å²) in [5.74, 6) is -0.230. The van der Waals surface area contributed by atoms with Crippen LogP contribution in [0.5, 0.6) is 0 Å². The molecule has 134 valence electrons. The fraction of sp³-hybridized carbons (Fsp3) is 0.250. The largest absolute Gasteiger partial charge is 0.462 e. The van der Waals surface area contributed by atoms with E-state index in [4.69, 9.17) is 4.74 Å². The summed E-state index contributed by atoms with van der Waals surface area (Å²) in [5.41, 5.74) is 1.58. The number of esters is 1. The average molecular weight is 364 g/mol. The lowest BCUT2D eigenvalue weighted by molar-refractivity contribution is 0.0527. The second-order valence-electron chi connectivity index (χ2n) is 5.21. The van der Waals surface area contributed by atoms with E-state index < -0.39 is 16.2 Å². The average Bonchev–Trinajstić information content (AvgIpc) is 2.57. The second kappa shape index (κ2) is 7.95. The molecule has 0 saturated heterocycles. The van der Waals surface area contributed by atoms with Crippen molar-refractivity contribution in [3.63, 3.8) is 0 Å². The van der Waals surface area contributed by atoms with Crippen LogP contribution in [-0.4, -0.2) is 44.4 Å². The standard InChI is InChI=1S/C16H20N4O4S/c1-4-24-16(21)13-7-5-6-8-14(13)18-12-9-10-15(17-11-12)19-25(22,23)20(2)3/h5-11,18H,4H2,1-3H3,(H,17,19). The lowest BCUT2D eigenvalue weighted by atomic mass is 10.1. The van der Waals surface area contributed by atoms with Gasteiger partial charge < -0.3 is 10.1 Å². The predicted molar refractivity (Wildman–Crippen MR) is 96.1 cm³/mol. The number of nitrogens with one attached hydrogen (secondary N) is 2. The van der Waals surface area contributed by atoms with Crippen LogP contribution in [0, 0.1) is 0 Å². The van der Waals surface area contributed by atoms with Crippen molar-refractivity contribution in [2.45, 2.75) is 6.92 Å². The molecule has 8 nitrogen and oxygen atoms in total. The number of carbonyl (C=O) groups is 1. The molecule has 0 radical (unpaired) electrons. The molecule has 2 aromatic rings. The van der Waals surface area contributed by atoms with Gasteiger partial charge >= 0.3 is 16.2 Å². The maximum absolute atomic E-state index is 12.0. The van der Waals surface area contributed by atoms with Gasteiger partial charge in [-0.2, -0.15) is 12.7 Å². The van der Waals surface area contributed by atoms with Crippen molar-refractivity contribution >= 4 is 33.4 Å². The van der Waals surface area contributed by atoms with Crippen LogP contribution >= 0.6 is 0 Å². The van der Waals surface area contributed by atoms with Gasteiger partial charge in [0.2, 0.25) is 0 Å². The number of anilines is 3. The SMILES string of the molecule is CCOC(=O)c1ccccc1Nc1ccc(NS(=O)(=O)N(C)C)nc1. The Hall–Kier alpha value is -2.65. The fourth-order valence-electron chi connectivity index (χ4n) is 1.89. The van der Waals surface area contributed by atoms with Crippen LogP contribution in [0.15, 0.2) is 42.6 Å². The van der Waals surface area contributed by atoms with Gasteiger partial charge in [-0.15, -0.1) is 0 Å². The van der Waals surface area contributed by atoms with Gasteiger partial charge in [0, 0.05) is 14.1 Å². The highest BCUT2D eigenvalue weighted by atomic mass is 32.2. The van der Waals surface area contributed by atoms with Gasteiger partial charge in [0.05, 0.1) is 29.7 Å². The third-order valence-corrected chi connectivity index (χ3v) is 4.61. The van der Waals surface area contributed by atoms with E-state index in [0.29, 0.717) is 16.9 Å². The van der Waals surface area contributed by atoms with Gasteiger partial charge in [0.15, 0.2) is 0 Å². The molecule has 1 aromatic carbocycles. The molecule has 0 aliphatic heterocycles. The number of ether oxygens (including phenoxy) is 1. The Morgan fingerprint density at radius 1 is 1.20 bits per heavy atom. The quantitative estimate of drug-likeness (QED) is 0.731. The summed E-state index contributed by atoms with van der Waals surface area (Å²) in [4.78, 5) is 16.0. The molecule has 0 saturated carbocycles. The van der Waals surface area contributed by atoms with Gasteiger partial charge in [0.25, 0.3) is 0 Å². The first-order chi connectivity index (χ1) is 11.8. The van der Waals surface area contributed by atoms with Crippen LogP contribution in [0.3, 0.4) is 0 Å². The maximum atomic E-state index is 12.0. The van der Waals surface area contributed by atoms with Gasteiger partial charge in [-0.1, -0.05) is 12.1 Å². The molecule has 0 unspecified atom stereocenters. The third-order valence-electron chi connectivity index (χ3n) is 3.18. The molecule has 0 aliphatic carbocycles. The van der Waals surface area contributed by atoms with Crippen molar-refractivity contribution in [1.82, 2.24) is 9.29 Å². The Labute approximate surface area is 147 Å². The highest BCUT2D eigenvalue weighted by molar-refractivity contribution is 7.90. The Balaban J connectivity index is 2.16. The Morgan fingerprint density at radius 2 is 1.92 bits per heavy atom. The summed E-state index contributed by atoms with van der Waals surface area (Å²) in [6.45, 7) is 2.03. The van der Waals surface area contributed by atoms with Gasteiger partial charge in [-0.05, 0) is 31.2 Å². The van der Waals surface area contributed by atoms with E-state index in [1.165, 1.54) is 26.4 Å². The zero-order chi connectivity index (χ0) is 18.4. The number of pyridine rings is 1. The van der Waals surface area contributed by atoms with Gasteiger partial charge in [-0.25, -0.2) is 9.78 Å². The van der Waals surface area contributed by atoms with Crippen LogP contribution < -0.4 is 10.0 Å². The fourth-order valence-corrected chi connectivity index (χ4v) is 2.45. The first-order valence-electron chi connectivity index (χ1n) is 7.53. The minimum absolute atomic E-state index is 0.193. The molecule has 1 heterocycles. The first kappa shape index (κ1) is 18.7. The predicted octanol–water partition coefficient (Wildman–Crippen LogP) is 2.22. The molecule has 0 amide bonds. The lowest BCUT2D eigenvalue weighted by Gasteiger charge is -2.14. The molecular weight excluding hydrogens is 344 g/mol. The number of carbonyl (C=O) groups excluding carboxylic acids is 1. The normalized spacial score (nSPS) is 11.2. The topological polar surface area (TPSA) is 101 Å². The summed E-state index contributed by atoms with van der Waals surface area (Å²) in [6, 6.07) is 10.1. The van der Waals surface area contributed by atoms with Crippen LogP contribution in [0.2, 0.25) is 0 Å². The molecule has 0 atom stereocenters. The van der Waals surface area contributed by atoms with Gasteiger partial charge in [0.1, 0.15) is 5.82 Å². The van der Waals surface area contributed by atoms with Crippen LogP contribution in [0.1, 0.15) is 17.3 Å². The number of rotatable bonds is 7. The minimum Gasteiger partial charge on any atom is -0.462 e. The van der Waals surface area contributed by atoms with E-state index in [2.05, 4.69) is 15.0 Å². The number of hydrogen-bond donors (Lipinski definition) is 2. The molecule has 2 rings (SSSR count). The molecule has 9 heteroatoms. The number of nitrogens with zero attached hydrogens (tertiary/aromatic N) is 2. The van der Waals surface area contributed by atoms with Crippen LogP contribution in [-0.2, 0) is 14.9 Å². The molecular formula is C16H20N4O4S.